The van der Waals surface area contributed by atoms with Crippen molar-refractivity contribution in [2.45, 2.75) is 63.8 Å². The van der Waals surface area contributed by atoms with Gasteiger partial charge in [0.25, 0.3) is 0 Å². The van der Waals surface area contributed by atoms with E-state index >= 15 is 0 Å². The van der Waals surface area contributed by atoms with Gasteiger partial charge in [-0.05, 0) is 68.7 Å². The molecule has 0 aromatic heterocycles. The molecule has 39 heavy (non-hydrogen) atoms. The molecule has 0 aliphatic carbocycles. The number of fused-ring (bicyclic) bond motifs is 1. The first-order valence-electron chi connectivity index (χ1n) is 13.2. The van der Waals surface area contributed by atoms with Crippen LogP contribution in [0.3, 0.4) is 0 Å². The number of amides is 1. The molecule has 0 spiro atoms. The van der Waals surface area contributed by atoms with Gasteiger partial charge in [-0.2, -0.15) is 0 Å². The summed E-state index contributed by atoms with van der Waals surface area (Å²) >= 11 is 0. The maximum atomic E-state index is 13.9. The molecule has 3 aromatic rings. The van der Waals surface area contributed by atoms with Gasteiger partial charge in [0.15, 0.2) is 0 Å². The van der Waals surface area contributed by atoms with Gasteiger partial charge in [-0.25, -0.2) is 8.78 Å². The number of carbonyl (C=O) groups is 1. The molecule has 4 rings (SSSR count). The second-order valence-corrected chi connectivity index (χ2v) is 10.9. The summed E-state index contributed by atoms with van der Waals surface area (Å²) in [7, 11) is 0. The van der Waals surface area contributed by atoms with Crippen LogP contribution < -0.4 is 20.1 Å². The number of hydrogen-bond donors (Lipinski definition) is 3. The summed E-state index contributed by atoms with van der Waals surface area (Å²) in [5.74, 6) is -0.239. The number of hydrogen-bond acceptors (Lipinski definition) is 5. The van der Waals surface area contributed by atoms with E-state index in [-0.39, 0.29) is 36.9 Å². The average Bonchev–Trinajstić information content (AvgIpc) is 2.86. The molecule has 208 valence electrons. The number of aliphatic hydroxyl groups excluding tert-OH is 1. The molecule has 0 unspecified atom stereocenters. The molecule has 1 aliphatic rings. The van der Waals surface area contributed by atoms with E-state index in [1.165, 1.54) is 12.1 Å². The summed E-state index contributed by atoms with van der Waals surface area (Å²) in [5.41, 5.74) is 1.74. The summed E-state index contributed by atoms with van der Waals surface area (Å²) in [6, 6.07) is 17.3. The van der Waals surface area contributed by atoms with E-state index in [9.17, 15) is 18.7 Å². The average molecular weight is 539 g/mol. The highest BCUT2D eigenvalue weighted by Crippen LogP contribution is 2.35. The van der Waals surface area contributed by atoms with E-state index in [0.717, 1.165) is 28.7 Å². The van der Waals surface area contributed by atoms with Crippen molar-refractivity contribution in [2.24, 2.45) is 0 Å². The lowest BCUT2D eigenvalue weighted by molar-refractivity contribution is -0.122. The minimum absolute atomic E-state index is 0.0615. The Bertz CT molecular complexity index is 1240. The molecule has 6 nitrogen and oxygen atoms in total. The summed E-state index contributed by atoms with van der Waals surface area (Å²) < 4.78 is 39.6. The van der Waals surface area contributed by atoms with E-state index in [1.54, 1.807) is 0 Å². The quantitative estimate of drug-likeness (QED) is 0.343. The Morgan fingerprint density at radius 2 is 1.77 bits per heavy atom. The van der Waals surface area contributed by atoms with E-state index in [2.05, 4.69) is 10.6 Å². The van der Waals surface area contributed by atoms with E-state index in [4.69, 9.17) is 9.47 Å². The van der Waals surface area contributed by atoms with Crippen molar-refractivity contribution in [1.82, 2.24) is 10.6 Å². The summed E-state index contributed by atoms with van der Waals surface area (Å²) in [5, 5.41) is 17.5. The van der Waals surface area contributed by atoms with Crippen LogP contribution in [0.25, 0.3) is 0 Å². The Morgan fingerprint density at radius 3 is 2.46 bits per heavy atom. The third kappa shape index (κ3) is 8.50. The van der Waals surface area contributed by atoms with Crippen molar-refractivity contribution in [3.05, 3.63) is 95.1 Å². The lowest BCUT2D eigenvalue weighted by Gasteiger charge is -2.31. The smallest absolute Gasteiger partial charge is 0.224 e. The number of nitrogens with one attached hydrogen (secondary N) is 2. The van der Waals surface area contributed by atoms with Crippen LogP contribution in [0.1, 0.15) is 49.9 Å². The molecule has 0 fully saturated rings. The number of aliphatic hydroxyl groups is 1. The van der Waals surface area contributed by atoms with Crippen LogP contribution in [0.5, 0.6) is 11.5 Å². The molecule has 0 bridgehead atoms. The van der Waals surface area contributed by atoms with Crippen molar-refractivity contribution < 1.29 is 28.2 Å². The van der Waals surface area contributed by atoms with Crippen molar-refractivity contribution >= 4 is 5.91 Å². The van der Waals surface area contributed by atoms with Crippen molar-refractivity contribution in [1.29, 1.82) is 0 Å². The van der Waals surface area contributed by atoms with Crippen molar-refractivity contribution in [2.75, 3.05) is 13.2 Å². The Hall–Kier alpha value is -3.49. The zero-order valence-electron chi connectivity index (χ0n) is 22.5. The molecule has 3 N–H and O–H groups in total. The van der Waals surface area contributed by atoms with Crippen LogP contribution in [-0.2, 0) is 17.6 Å². The first kappa shape index (κ1) is 28.5. The summed E-state index contributed by atoms with van der Waals surface area (Å²) in [4.78, 5) is 12.9. The van der Waals surface area contributed by atoms with Crippen molar-refractivity contribution in [3.63, 3.8) is 0 Å². The second kappa shape index (κ2) is 12.6. The van der Waals surface area contributed by atoms with Gasteiger partial charge in [0.2, 0.25) is 5.91 Å². The first-order valence-corrected chi connectivity index (χ1v) is 13.2. The van der Waals surface area contributed by atoms with Crippen LogP contribution >= 0.6 is 0 Å². The maximum absolute atomic E-state index is 13.9. The van der Waals surface area contributed by atoms with E-state index in [0.29, 0.717) is 18.6 Å². The van der Waals surface area contributed by atoms with E-state index < -0.39 is 23.8 Å². The Kier molecular flexibility index (Phi) is 9.20. The predicted molar refractivity (Wildman–Crippen MR) is 146 cm³/mol. The second-order valence-electron chi connectivity index (χ2n) is 10.9. The summed E-state index contributed by atoms with van der Waals surface area (Å²) in [6.45, 7) is 6.59. The SMILES string of the molecule is CC(C)(C)Oc1ccc2c(c1)[C@@H](NC[C@H](O)[C@H](Cc1cc(F)cc(F)c1)NC(=O)Cc1ccccc1)CCO2. The number of carbonyl (C=O) groups excluding carboxylic acids is 1. The molecule has 3 aromatic carbocycles. The molecular formula is C31H36F2N2O4. The molecule has 1 aliphatic heterocycles. The van der Waals surface area contributed by atoms with Gasteiger partial charge in [-0.15, -0.1) is 0 Å². The van der Waals surface area contributed by atoms with Gasteiger partial charge in [-0.3, -0.25) is 4.79 Å². The van der Waals surface area contributed by atoms with Crippen LogP contribution in [0.15, 0.2) is 66.7 Å². The minimum Gasteiger partial charge on any atom is -0.493 e. The Morgan fingerprint density at radius 1 is 1.05 bits per heavy atom. The summed E-state index contributed by atoms with van der Waals surface area (Å²) in [6.07, 6.45) is -0.166. The van der Waals surface area contributed by atoms with Gasteiger partial charge in [-0.1, -0.05) is 30.3 Å². The monoisotopic (exact) mass is 538 g/mol. The molecule has 1 heterocycles. The van der Waals surface area contributed by atoms with Crippen LogP contribution in [-0.4, -0.2) is 41.9 Å². The van der Waals surface area contributed by atoms with Crippen LogP contribution in [0.2, 0.25) is 0 Å². The highest BCUT2D eigenvalue weighted by atomic mass is 19.1. The predicted octanol–water partition coefficient (Wildman–Crippen LogP) is 4.89. The fourth-order valence-corrected chi connectivity index (χ4v) is 4.71. The van der Waals surface area contributed by atoms with Gasteiger partial charge in [0, 0.05) is 30.6 Å². The topological polar surface area (TPSA) is 79.8 Å². The fourth-order valence-electron chi connectivity index (χ4n) is 4.71. The molecular weight excluding hydrogens is 502 g/mol. The zero-order valence-corrected chi connectivity index (χ0v) is 22.5. The number of benzene rings is 3. The lowest BCUT2D eigenvalue weighted by Crippen LogP contribution is -2.49. The first-order chi connectivity index (χ1) is 18.6. The van der Waals surface area contributed by atoms with E-state index in [1.807, 2.05) is 69.3 Å². The number of ether oxygens (including phenoxy) is 2. The maximum Gasteiger partial charge on any atom is 0.224 e. The highest BCUT2D eigenvalue weighted by Gasteiger charge is 2.27. The zero-order chi connectivity index (χ0) is 28.0. The molecule has 0 radical (unpaired) electrons. The Labute approximate surface area is 228 Å². The third-order valence-corrected chi connectivity index (χ3v) is 6.41. The van der Waals surface area contributed by atoms with Crippen LogP contribution in [0.4, 0.5) is 8.78 Å². The number of halogens is 2. The molecule has 8 heteroatoms. The lowest BCUT2D eigenvalue weighted by atomic mass is 9.97. The molecule has 1 amide bonds. The van der Waals surface area contributed by atoms with Crippen LogP contribution in [0, 0.1) is 11.6 Å². The van der Waals surface area contributed by atoms with Gasteiger partial charge in [0.1, 0.15) is 28.7 Å². The normalized spacial score (nSPS) is 16.5. The van der Waals surface area contributed by atoms with Crippen molar-refractivity contribution in [3.8, 4) is 11.5 Å². The van der Waals surface area contributed by atoms with Gasteiger partial charge < -0.3 is 25.2 Å². The number of rotatable bonds is 10. The Balaban J connectivity index is 1.47. The van der Waals surface area contributed by atoms with Gasteiger partial charge >= 0.3 is 0 Å². The largest absolute Gasteiger partial charge is 0.493 e. The van der Waals surface area contributed by atoms with Gasteiger partial charge in [0.05, 0.1) is 25.2 Å². The molecule has 3 atom stereocenters. The third-order valence-electron chi connectivity index (χ3n) is 6.41. The highest BCUT2D eigenvalue weighted by molar-refractivity contribution is 5.79. The minimum atomic E-state index is -1.03. The fraction of sp³-hybridized carbons (Fsp3) is 0.387. The molecule has 0 saturated carbocycles. The molecule has 0 saturated heterocycles. The standard InChI is InChI=1S/C31H36F2N2O4/c1-31(2,3)39-24-9-10-29-25(18-24)26(11-12-38-29)34-19-28(36)27(15-21-13-22(32)17-23(33)14-21)35-30(37)16-20-7-5-4-6-8-20/h4-10,13-14,17-18,26-28,34,36H,11-12,15-16,19H2,1-3H3,(H,35,37)/t26-,27-,28-/m0/s1.